The predicted molar refractivity (Wildman–Crippen MR) is 64.5 cm³/mol. The number of pyridine rings is 1. The smallest absolute Gasteiger partial charge is 0.243 e. The minimum Gasteiger partial charge on any atom is -0.386 e. The Labute approximate surface area is 110 Å². The molecule has 1 unspecified atom stereocenters. The summed E-state index contributed by atoms with van der Waals surface area (Å²) in [5.41, 5.74) is -1.37. The van der Waals surface area contributed by atoms with Gasteiger partial charge in [0.2, 0.25) is 10.0 Å². The lowest BCUT2D eigenvalue weighted by Gasteiger charge is -2.20. The van der Waals surface area contributed by atoms with Crippen LogP contribution < -0.4 is 4.72 Å². The van der Waals surface area contributed by atoms with Crippen LogP contribution in [0.3, 0.4) is 0 Å². The van der Waals surface area contributed by atoms with E-state index in [-0.39, 0.29) is 23.7 Å². The molecule has 1 aromatic heterocycles. The lowest BCUT2D eigenvalue weighted by molar-refractivity contribution is 0.0314. The number of rotatable bonds is 4. The topological polar surface area (TPSA) is 112 Å². The molecule has 8 heteroatoms. The van der Waals surface area contributed by atoms with Crippen molar-refractivity contribution in [1.29, 1.82) is 5.26 Å². The summed E-state index contributed by atoms with van der Waals surface area (Å²) in [7, 11) is -3.88. The van der Waals surface area contributed by atoms with Crippen molar-refractivity contribution in [2.24, 2.45) is 0 Å². The summed E-state index contributed by atoms with van der Waals surface area (Å²) in [5, 5.41) is 18.8. The summed E-state index contributed by atoms with van der Waals surface area (Å²) >= 11 is 0. The van der Waals surface area contributed by atoms with Crippen LogP contribution in [0.15, 0.2) is 23.2 Å². The van der Waals surface area contributed by atoms with Crippen LogP contribution in [0.5, 0.6) is 0 Å². The van der Waals surface area contributed by atoms with E-state index in [1.165, 1.54) is 18.3 Å². The number of sulfonamides is 1. The van der Waals surface area contributed by atoms with Crippen molar-refractivity contribution in [1.82, 2.24) is 9.71 Å². The number of nitrogens with zero attached hydrogens (tertiary/aromatic N) is 2. The van der Waals surface area contributed by atoms with Gasteiger partial charge in [0, 0.05) is 25.8 Å². The highest BCUT2D eigenvalue weighted by atomic mass is 32.2. The van der Waals surface area contributed by atoms with Crippen molar-refractivity contribution in [2.75, 3.05) is 19.8 Å². The maximum atomic E-state index is 12.1. The molecular weight excluding hydrogens is 270 g/mol. The average molecular weight is 283 g/mol. The van der Waals surface area contributed by atoms with Crippen molar-refractivity contribution in [3.63, 3.8) is 0 Å². The number of hydrogen-bond acceptors (Lipinski definition) is 6. The summed E-state index contributed by atoms with van der Waals surface area (Å²) in [6.45, 7) is 0.331. The number of nitrogens with one attached hydrogen (secondary N) is 1. The molecule has 1 aliphatic rings. The fourth-order valence-corrected chi connectivity index (χ4v) is 2.96. The van der Waals surface area contributed by atoms with Crippen molar-refractivity contribution in [3.05, 3.63) is 24.0 Å². The third-order valence-corrected chi connectivity index (χ3v) is 4.27. The molecule has 19 heavy (non-hydrogen) atoms. The highest BCUT2D eigenvalue weighted by Gasteiger charge is 2.34. The molecular formula is C11H13N3O4S. The minimum absolute atomic E-state index is 0.0909. The van der Waals surface area contributed by atoms with Gasteiger partial charge in [-0.1, -0.05) is 0 Å². The van der Waals surface area contributed by atoms with E-state index in [1.807, 2.05) is 0 Å². The van der Waals surface area contributed by atoms with Gasteiger partial charge in [0.25, 0.3) is 0 Å². The third kappa shape index (κ3) is 3.08. The van der Waals surface area contributed by atoms with Crippen LogP contribution in [0, 0.1) is 11.3 Å². The van der Waals surface area contributed by atoms with E-state index in [4.69, 9.17) is 10.00 Å². The van der Waals surface area contributed by atoms with Gasteiger partial charge in [-0.15, -0.1) is 0 Å². The minimum atomic E-state index is -3.88. The number of aromatic nitrogens is 1. The van der Waals surface area contributed by atoms with Crippen molar-refractivity contribution < 1.29 is 18.3 Å². The molecule has 0 amide bonds. The molecule has 2 heterocycles. The second-order valence-corrected chi connectivity index (χ2v) is 6.05. The molecule has 0 aliphatic carbocycles. The average Bonchev–Trinajstić information content (AvgIpc) is 2.84. The zero-order valence-electron chi connectivity index (χ0n) is 10.0. The second kappa shape index (κ2) is 5.22. The molecule has 1 saturated heterocycles. The maximum Gasteiger partial charge on any atom is 0.243 e. The van der Waals surface area contributed by atoms with E-state index in [1.54, 1.807) is 6.07 Å². The first-order valence-corrected chi connectivity index (χ1v) is 7.10. The second-order valence-electron chi connectivity index (χ2n) is 4.31. The Hall–Kier alpha value is -1.53. The fraction of sp³-hybridized carbons (Fsp3) is 0.455. The van der Waals surface area contributed by atoms with E-state index in [9.17, 15) is 13.5 Å². The molecule has 102 valence electrons. The predicted octanol–water partition coefficient (Wildman–Crippen LogP) is -0.617. The summed E-state index contributed by atoms with van der Waals surface area (Å²) < 4.78 is 31.4. The molecule has 7 nitrogen and oxygen atoms in total. The van der Waals surface area contributed by atoms with Gasteiger partial charge in [0.15, 0.2) is 5.69 Å². The molecule has 0 bridgehead atoms. The van der Waals surface area contributed by atoms with Crippen LogP contribution in [0.2, 0.25) is 0 Å². The van der Waals surface area contributed by atoms with Crippen LogP contribution in [-0.4, -0.2) is 43.9 Å². The van der Waals surface area contributed by atoms with Gasteiger partial charge in [0.1, 0.15) is 16.6 Å². The number of hydrogen-bond donors (Lipinski definition) is 2. The van der Waals surface area contributed by atoms with E-state index in [2.05, 4.69) is 9.71 Å². The highest BCUT2D eigenvalue weighted by molar-refractivity contribution is 7.89. The monoisotopic (exact) mass is 283 g/mol. The molecule has 1 aliphatic heterocycles. The van der Waals surface area contributed by atoms with E-state index in [0.29, 0.717) is 13.0 Å². The van der Waals surface area contributed by atoms with E-state index < -0.39 is 15.6 Å². The van der Waals surface area contributed by atoms with Crippen molar-refractivity contribution in [2.45, 2.75) is 16.9 Å². The van der Waals surface area contributed by atoms with Gasteiger partial charge in [-0.05, 0) is 12.1 Å². The molecule has 2 rings (SSSR count). The van der Waals surface area contributed by atoms with Gasteiger partial charge < -0.3 is 9.84 Å². The molecule has 1 atom stereocenters. The summed E-state index contributed by atoms with van der Waals surface area (Å²) in [4.78, 5) is 3.50. The van der Waals surface area contributed by atoms with E-state index in [0.717, 1.165) is 0 Å². The lowest BCUT2D eigenvalue weighted by Crippen LogP contribution is -2.43. The highest BCUT2D eigenvalue weighted by Crippen LogP contribution is 2.19. The normalized spacial score (nSPS) is 23.2. The third-order valence-electron chi connectivity index (χ3n) is 2.84. The van der Waals surface area contributed by atoms with Gasteiger partial charge >= 0.3 is 0 Å². The Morgan fingerprint density at radius 1 is 1.63 bits per heavy atom. The Bertz CT molecular complexity index is 603. The quantitative estimate of drug-likeness (QED) is 0.761. The molecule has 0 spiro atoms. The molecule has 2 N–H and O–H groups in total. The van der Waals surface area contributed by atoms with Crippen molar-refractivity contribution >= 4 is 10.0 Å². The number of aliphatic hydroxyl groups is 1. The molecule has 0 aromatic carbocycles. The number of ether oxygens (including phenoxy) is 1. The van der Waals surface area contributed by atoms with E-state index >= 15 is 0 Å². The van der Waals surface area contributed by atoms with Crippen LogP contribution in [-0.2, 0) is 14.8 Å². The zero-order valence-corrected chi connectivity index (χ0v) is 10.9. The Kier molecular flexibility index (Phi) is 3.82. The Balaban J connectivity index is 2.17. The van der Waals surface area contributed by atoms with Gasteiger partial charge in [-0.25, -0.2) is 18.1 Å². The van der Waals surface area contributed by atoms with Crippen LogP contribution in [0.1, 0.15) is 12.1 Å². The Morgan fingerprint density at radius 2 is 2.42 bits per heavy atom. The number of nitriles is 1. The standard InChI is InChI=1S/C11H13N3O4S/c12-6-9-10(2-1-4-13-9)19(16,17)14-7-11(15)3-5-18-8-11/h1-2,4,14-15H,3,5,7-8H2. The summed E-state index contributed by atoms with van der Waals surface area (Å²) in [5.74, 6) is 0. The first-order valence-electron chi connectivity index (χ1n) is 5.62. The summed E-state index contributed by atoms with van der Waals surface area (Å²) in [6.07, 6.45) is 1.71. The van der Waals surface area contributed by atoms with Crippen LogP contribution in [0.25, 0.3) is 0 Å². The molecule has 1 aromatic rings. The summed E-state index contributed by atoms with van der Waals surface area (Å²) in [6, 6.07) is 4.45. The molecule has 0 radical (unpaired) electrons. The largest absolute Gasteiger partial charge is 0.386 e. The van der Waals surface area contributed by atoms with Gasteiger partial charge in [-0.2, -0.15) is 5.26 Å². The fourth-order valence-electron chi connectivity index (χ4n) is 1.73. The first kappa shape index (κ1) is 13.9. The molecule has 1 fully saturated rings. The SMILES string of the molecule is N#Cc1ncccc1S(=O)(=O)NCC1(O)CCOC1. The lowest BCUT2D eigenvalue weighted by atomic mass is 10.1. The van der Waals surface area contributed by atoms with Gasteiger partial charge in [0.05, 0.1) is 6.61 Å². The first-order chi connectivity index (χ1) is 8.97. The zero-order chi connectivity index (χ0) is 13.9. The van der Waals surface area contributed by atoms with Gasteiger partial charge in [-0.3, -0.25) is 0 Å². The van der Waals surface area contributed by atoms with Crippen molar-refractivity contribution in [3.8, 4) is 6.07 Å². The maximum absolute atomic E-state index is 12.1. The Morgan fingerprint density at radius 3 is 3.05 bits per heavy atom. The molecule has 0 saturated carbocycles. The van der Waals surface area contributed by atoms with Crippen LogP contribution >= 0.6 is 0 Å². The van der Waals surface area contributed by atoms with Crippen LogP contribution in [0.4, 0.5) is 0 Å².